The van der Waals surface area contributed by atoms with E-state index in [-0.39, 0.29) is 17.6 Å². The number of urea groups is 1. The Bertz CT molecular complexity index is 523. The number of anilines is 1. The molecule has 0 radical (unpaired) electrons. The van der Waals surface area contributed by atoms with Crippen LogP contribution in [0.15, 0.2) is 18.2 Å². The number of amides is 3. The molecule has 0 bridgehead atoms. The molecule has 3 N–H and O–H groups in total. The molecule has 0 fully saturated rings. The Kier molecular flexibility index (Phi) is 6.08. The average Bonchev–Trinajstić information content (AvgIpc) is 2.42. The van der Waals surface area contributed by atoms with Crippen LogP contribution in [0.2, 0.25) is 0 Å². The molecule has 116 valence electrons. The summed E-state index contributed by atoms with van der Waals surface area (Å²) in [7, 11) is 0. The SMILES string of the molecule is CC[C@@H](C)NC(=O)[C@H](C)NC(=O)Nc1cc(F)ccc1F. The summed E-state index contributed by atoms with van der Waals surface area (Å²) in [6.45, 7) is 5.26. The molecule has 1 rings (SSSR count). The van der Waals surface area contributed by atoms with Crippen molar-refractivity contribution in [3.05, 3.63) is 29.8 Å². The highest BCUT2D eigenvalue weighted by molar-refractivity contribution is 5.93. The lowest BCUT2D eigenvalue weighted by Gasteiger charge is -2.17. The monoisotopic (exact) mass is 299 g/mol. The van der Waals surface area contributed by atoms with Gasteiger partial charge in [0.05, 0.1) is 5.69 Å². The fourth-order valence-corrected chi connectivity index (χ4v) is 1.48. The van der Waals surface area contributed by atoms with Crippen LogP contribution in [0.25, 0.3) is 0 Å². The summed E-state index contributed by atoms with van der Waals surface area (Å²) in [4.78, 5) is 23.4. The van der Waals surface area contributed by atoms with Crippen LogP contribution in [-0.4, -0.2) is 24.0 Å². The minimum Gasteiger partial charge on any atom is -0.352 e. The van der Waals surface area contributed by atoms with Crippen LogP contribution in [0.3, 0.4) is 0 Å². The van der Waals surface area contributed by atoms with Crippen molar-refractivity contribution in [2.45, 2.75) is 39.3 Å². The molecule has 0 spiro atoms. The summed E-state index contributed by atoms with van der Waals surface area (Å²) < 4.78 is 26.3. The van der Waals surface area contributed by atoms with Gasteiger partial charge in [-0.1, -0.05) is 6.92 Å². The molecule has 0 heterocycles. The van der Waals surface area contributed by atoms with Gasteiger partial charge in [0.1, 0.15) is 17.7 Å². The van der Waals surface area contributed by atoms with Crippen LogP contribution in [-0.2, 0) is 4.79 Å². The third kappa shape index (κ3) is 5.37. The van der Waals surface area contributed by atoms with Crippen molar-refractivity contribution < 1.29 is 18.4 Å². The Morgan fingerprint density at radius 1 is 1.19 bits per heavy atom. The fraction of sp³-hybridized carbons (Fsp3) is 0.429. The first-order valence-corrected chi connectivity index (χ1v) is 6.66. The van der Waals surface area contributed by atoms with Crippen LogP contribution in [0.1, 0.15) is 27.2 Å². The topological polar surface area (TPSA) is 70.2 Å². The lowest BCUT2D eigenvalue weighted by Crippen LogP contribution is -2.48. The zero-order valence-corrected chi connectivity index (χ0v) is 12.2. The van der Waals surface area contributed by atoms with Gasteiger partial charge in [0.15, 0.2) is 0 Å². The van der Waals surface area contributed by atoms with Crippen molar-refractivity contribution in [3.63, 3.8) is 0 Å². The molecule has 7 heteroatoms. The summed E-state index contributed by atoms with van der Waals surface area (Å²) >= 11 is 0. The van der Waals surface area contributed by atoms with E-state index in [1.54, 1.807) is 0 Å². The van der Waals surface area contributed by atoms with Gasteiger partial charge in [-0.2, -0.15) is 0 Å². The molecular weight excluding hydrogens is 280 g/mol. The summed E-state index contributed by atoms with van der Waals surface area (Å²) in [6, 6.07) is 1.12. The van der Waals surface area contributed by atoms with Gasteiger partial charge in [0.25, 0.3) is 0 Å². The highest BCUT2D eigenvalue weighted by atomic mass is 19.1. The van der Waals surface area contributed by atoms with E-state index in [2.05, 4.69) is 16.0 Å². The van der Waals surface area contributed by atoms with Gasteiger partial charge >= 0.3 is 6.03 Å². The number of carbonyl (C=O) groups excluding carboxylic acids is 2. The first kappa shape index (κ1) is 16.9. The normalized spacial score (nSPS) is 13.2. The summed E-state index contributed by atoms with van der Waals surface area (Å²) in [5, 5.41) is 7.22. The van der Waals surface area contributed by atoms with Gasteiger partial charge in [-0.15, -0.1) is 0 Å². The second-order valence-electron chi connectivity index (χ2n) is 4.76. The Balaban J connectivity index is 2.57. The van der Waals surface area contributed by atoms with E-state index in [0.717, 1.165) is 24.6 Å². The van der Waals surface area contributed by atoms with Crippen LogP contribution < -0.4 is 16.0 Å². The van der Waals surface area contributed by atoms with Gasteiger partial charge in [0.2, 0.25) is 5.91 Å². The molecule has 2 atom stereocenters. The molecule has 5 nitrogen and oxygen atoms in total. The van der Waals surface area contributed by atoms with E-state index in [4.69, 9.17) is 0 Å². The minimum absolute atomic E-state index is 0.00882. The average molecular weight is 299 g/mol. The molecule has 21 heavy (non-hydrogen) atoms. The Labute approximate surface area is 122 Å². The molecule has 0 aliphatic rings. The maximum Gasteiger partial charge on any atom is 0.319 e. The lowest BCUT2D eigenvalue weighted by atomic mass is 10.2. The molecular formula is C14H19F2N3O2. The maximum absolute atomic E-state index is 13.4. The Hall–Kier alpha value is -2.18. The van der Waals surface area contributed by atoms with Gasteiger partial charge in [-0.05, 0) is 32.4 Å². The van der Waals surface area contributed by atoms with Gasteiger partial charge in [-0.3, -0.25) is 4.79 Å². The summed E-state index contributed by atoms with van der Waals surface area (Å²) in [5.74, 6) is -1.78. The number of halogens is 2. The highest BCUT2D eigenvalue weighted by Crippen LogP contribution is 2.14. The van der Waals surface area contributed by atoms with Crippen molar-refractivity contribution in [1.29, 1.82) is 0 Å². The number of nitrogens with one attached hydrogen (secondary N) is 3. The van der Waals surface area contributed by atoms with Crippen LogP contribution in [0.5, 0.6) is 0 Å². The van der Waals surface area contributed by atoms with E-state index in [1.165, 1.54) is 6.92 Å². The number of benzene rings is 1. The predicted octanol–water partition coefficient (Wildman–Crippen LogP) is 2.39. The zero-order chi connectivity index (χ0) is 16.0. The highest BCUT2D eigenvalue weighted by Gasteiger charge is 2.17. The Morgan fingerprint density at radius 2 is 1.86 bits per heavy atom. The number of rotatable bonds is 5. The number of carbonyl (C=O) groups is 2. The quantitative estimate of drug-likeness (QED) is 0.781. The van der Waals surface area contributed by atoms with Gasteiger partial charge in [0, 0.05) is 12.1 Å². The summed E-state index contributed by atoms with van der Waals surface area (Å²) in [5.41, 5.74) is -0.290. The predicted molar refractivity (Wildman–Crippen MR) is 75.9 cm³/mol. The van der Waals surface area contributed by atoms with Crippen molar-refractivity contribution >= 4 is 17.6 Å². The molecule has 0 saturated heterocycles. The fourth-order valence-electron chi connectivity index (χ4n) is 1.48. The van der Waals surface area contributed by atoms with Crippen LogP contribution in [0.4, 0.5) is 19.3 Å². The summed E-state index contributed by atoms with van der Waals surface area (Å²) in [6.07, 6.45) is 0.763. The first-order valence-electron chi connectivity index (χ1n) is 6.66. The zero-order valence-electron chi connectivity index (χ0n) is 12.2. The largest absolute Gasteiger partial charge is 0.352 e. The van der Waals surface area contributed by atoms with E-state index < -0.39 is 23.7 Å². The van der Waals surface area contributed by atoms with Crippen molar-refractivity contribution in [3.8, 4) is 0 Å². The number of hydrogen-bond acceptors (Lipinski definition) is 2. The second kappa shape index (κ2) is 7.56. The first-order chi connectivity index (χ1) is 9.83. The van der Waals surface area contributed by atoms with E-state index >= 15 is 0 Å². The minimum atomic E-state index is -0.796. The molecule has 1 aromatic carbocycles. The number of hydrogen-bond donors (Lipinski definition) is 3. The van der Waals surface area contributed by atoms with Crippen molar-refractivity contribution in [1.82, 2.24) is 10.6 Å². The molecule has 0 unspecified atom stereocenters. The smallest absolute Gasteiger partial charge is 0.319 e. The van der Waals surface area contributed by atoms with E-state index in [9.17, 15) is 18.4 Å². The van der Waals surface area contributed by atoms with Crippen LogP contribution in [0, 0.1) is 11.6 Å². The third-order valence-corrected chi connectivity index (χ3v) is 2.92. The lowest BCUT2D eigenvalue weighted by molar-refractivity contribution is -0.123. The van der Waals surface area contributed by atoms with Crippen molar-refractivity contribution in [2.75, 3.05) is 5.32 Å². The van der Waals surface area contributed by atoms with Crippen LogP contribution >= 0.6 is 0 Å². The molecule has 0 aromatic heterocycles. The van der Waals surface area contributed by atoms with Gasteiger partial charge in [-0.25, -0.2) is 13.6 Å². The maximum atomic E-state index is 13.4. The third-order valence-electron chi connectivity index (χ3n) is 2.92. The molecule has 0 aliphatic carbocycles. The van der Waals surface area contributed by atoms with E-state index in [1.807, 2.05) is 13.8 Å². The molecule has 3 amide bonds. The molecule has 1 aromatic rings. The molecule has 0 aliphatic heterocycles. The second-order valence-corrected chi connectivity index (χ2v) is 4.76. The van der Waals surface area contributed by atoms with Crippen molar-refractivity contribution in [2.24, 2.45) is 0 Å². The molecule has 0 saturated carbocycles. The standard InChI is InChI=1S/C14H19F2N3O2/c1-4-8(2)17-13(20)9(3)18-14(21)19-12-7-10(15)5-6-11(12)16/h5-9H,4H2,1-3H3,(H,17,20)(H2,18,19,21)/t8-,9+/m1/s1. The Morgan fingerprint density at radius 3 is 2.48 bits per heavy atom. The van der Waals surface area contributed by atoms with E-state index in [0.29, 0.717) is 0 Å². The van der Waals surface area contributed by atoms with Gasteiger partial charge < -0.3 is 16.0 Å².